The minimum Gasteiger partial charge on any atom is -0.379 e. The lowest BCUT2D eigenvalue weighted by atomic mass is 10.2. The molecular formula is C23H27N5O2S. The third-order valence-electron chi connectivity index (χ3n) is 6.06. The summed E-state index contributed by atoms with van der Waals surface area (Å²) < 4.78 is 5.47. The highest BCUT2D eigenvalue weighted by Crippen LogP contribution is 2.35. The second kappa shape index (κ2) is 8.53. The SMILES string of the molecule is Cc1sc2nc(CN3CCOCC3)nc(Nc3ccc(N4CCCC4=O)cc3)c2c1C. The number of nitrogens with zero attached hydrogens (tertiary/aromatic N) is 4. The normalized spacial score (nSPS) is 17.6. The summed E-state index contributed by atoms with van der Waals surface area (Å²) in [6, 6.07) is 8.05. The van der Waals surface area contributed by atoms with E-state index in [0.29, 0.717) is 6.42 Å². The van der Waals surface area contributed by atoms with Crippen LogP contribution in [0.25, 0.3) is 10.2 Å². The number of rotatable bonds is 5. The molecule has 7 nitrogen and oxygen atoms in total. The topological polar surface area (TPSA) is 70.6 Å². The number of nitrogens with one attached hydrogen (secondary N) is 1. The minimum atomic E-state index is 0.204. The highest BCUT2D eigenvalue weighted by atomic mass is 32.1. The monoisotopic (exact) mass is 437 g/mol. The van der Waals surface area contributed by atoms with Gasteiger partial charge in [-0.05, 0) is 50.1 Å². The maximum Gasteiger partial charge on any atom is 0.227 e. The van der Waals surface area contributed by atoms with Gasteiger partial charge in [0.15, 0.2) is 0 Å². The molecule has 5 rings (SSSR count). The van der Waals surface area contributed by atoms with Crippen molar-refractivity contribution in [3.8, 4) is 0 Å². The van der Waals surface area contributed by atoms with E-state index in [1.807, 2.05) is 29.2 Å². The summed E-state index contributed by atoms with van der Waals surface area (Å²) in [5.74, 6) is 1.88. The second-order valence-electron chi connectivity index (χ2n) is 8.16. The van der Waals surface area contributed by atoms with Gasteiger partial charge in [0.1, 0.15) is 16.5 Å². The number of hydrogen-bond donors (Lipinski definition) is 1. The van der Waals surface area contributed by atoms with Crippen molar-refractivity contribution in [3.63, 3.8) is 0 Å². The van der Waals surface area contributed by atoms with Gasteiger partial charge in [0, 0.05) is 42.3 Å². The van der Waals surface area contributed by atoms with Gasteiger partial charge >= 0.3 is 0 Å². The van der Waals surface area contributed by atoms with Crippen LogP contribution in [0.5, 0.6) is 0 Å². The van der Waals surface area contributed by atoms with E-state index >= 15 is 0 Å². The Morgan fingerprint density at radius 1 is 1.10 bits per heavy atom. The second-order valence-corrected chi connectivity index (χ2v) is 9.36. The van der Waals surface area contributed by atoms with E-state index in [-0.39, 0.29) is 5.91 Å². The van der Waals surface area contributed by atoms with Crippen molar-refractivity contribution in [2.24, 2.45) is 0 Å². The van der Waals surface area contributed by atoms with Gasteiger partial charge in [-0.15, -0.1) is 11.3 Å². The molecule has 0 unspecified atom stereocenters. The first kappa shape index (κ1) is 20.4. The van der Waals surface area contributed by atoms with Crippen LogP contribution >= 0.6 is 11.3 Å². The quantitative estimate of drug-likeness (QED) is 0.650. The number of aryl methyl sites for hydroxylation is 2. The van der Waals surface area contributed by atoms with Gasteiger partial charge in [-0.1, -0.05) is 0 Å². The van der Waals surface area contributed by atoms with Crippen LogP contribution in [0.1, 0.15) is 29.1 Å². The van der Waals surface area contributed by atoms with Gasteiger partial charge in [-0.2, -0.15) is 0 Å². The lowest BCUT2D eigenvalue weighted by Gasteiger charge is -2.25. The van der Waals surface area contributed by atoms with Crippen LogP contribution in [0, 0.1) is 13.8 Å². The molecule has 1 amide bonds. The van der Waals surface area contributed by atoms with Crippen molar-refractivity contribution in [2.45, 2.75) is 33.2 Å². The number of carbonyl (C=O) groups excluding carboxylic acids is 1. The van der Waals surface area contributed by atoms with E-state index in [1.54, 1.807) is 11.3 Å². The van der Waals surface area contributed by atoms with Gasteiger partial charge in [0.05, 0.1) is 25.1 Å². The van der Waals surface area contributed by atoms with Gasteiger partial charge in [0.2, 0.25) is 5.91 Å². The maximum atomic E-state index is 12.0. The molecule has 1 N–H and O–H groups in total. The van der Waals surface area contributed by atoms with Crippen LogP contribution in [-0.2, 0) is 16.1 Å². The summed E-state index contributed by atoms with van der Waals surface area (Å²) in [6.45, 7) is 9.12. The third-order valence-corrected chi connectivity index (χ3v) is 7.16. The van der Waals surface area contributed by atoms with Gasteiger partial charge in [-0.3, -0.25) is 9.69 Å². The molecule has 31 heavy (non-hydrogen) atoms. The Kier molecular flexibility index (Phi) is 5.60. The molecule has 0 radical (unpaired) electrons. The van der Waals surface area contributed by atoms with E-state index in [4.69, 9.17) is 14.7 Å². The summed E-state index contributed by atoms with van der Waals surface area (Å²) in [5, 5.41) is 4.61. The number of fused-ring (bicyclic) bond motifs is 1. The fraction of sp³-hybridized carbons (Fsp3) is 0.435. The molecule has 4 heterocycles. The minimum absolute atomic E-state index is 0.204. The van der Waals surface area contributed by atoms with Crippen LogP contribution < -0.4 is 10.2 Å². The summed E-state index contributed by atoms with van der Waals surface area (Å²) in [4.78, 5) is 28.3. The van der Waals surface area contributed by atoms with Crippen molar-refractivity contribution in [1.29, 1.82) is 0 Å². The number of thiophene rings is 1. The smallest absolute Gasteiger partial charge is 0.227 e. The highest BCUT2D eigenvalue weighted by Gasteiger charge is 2.22. The van der Waals surface area contributed by atoms with Crippen LogP contribution in [0.2, 0.25) is 0 Å². The fourth-order valence-electron chi connectivity index (χ4n) is 4.20. The van der Waals surface area contributed by atoms with Crippen LogP contribution in [0.15, 0.2) is 24.3 Å². The van der Waals surface area contributed by atoms with Gasteiger partial charge in [0.25, 0.3) is 0 Å². The lowest BCUT2D eigenvalue weighted by Crippen LogP contribution is -2.36. The molecule has 0 atom stereocenters. The average molecular weight is 438 g/mol. The number of amides is 1. The van der Waals surface area contributed by atoms with Crippen molar-refractivity contribution in [1.82, 2.24) is 14.9 Å². The van der Waals surface area contributed by atoms with Crippen LogP contribution in [0.3, 0.4) is 0 Å². The Labute approximate surface area is 186 Å². The van der Waals surface area contributed by atoms with Crippen molar-refractivity contribution < 1.29 is 9.53 Å². The van der Waals surface area contributed by atoms with Crippen LogP contribution in [-0.4, -0.2) is 53.6 Å². The molecule has 2 aromatic heterocycles. The van der Waals surface area contributed by atoms with E-state index in [2.05, 4.69) is 24.1 Å². The van der Waals surface area contributed by atoms with E-state index < -0.39 is 0 Å². The molecule has 2 aliphatic rings. The number of carbonyl (C=O) groups is 1. The van der Waals surface area contributed by atoms with Crippen molar-refractivity contribution >= 4 is 44.7 Å². The Morgan fingerprint density at radius 2 is 1.87 bits per heavy atom. The number of ether oxygens (including phenoxy) is 1. The fourth-order valence-corrected chi connectivity index (χ4v) is 5.24. The Bertz CT molecular complexity index is 1110. The molecule has 1 aromatic carbocycles. The molecule has 0 bridgehead atoms. The molecular weight excluding hydrogens is 410 g/mol. The van der Waals surface area contributed by atoms with Crippen molar-refractivity contribution in [3.05, 3.63) is 40.5 Å². The number of hydrogen-bond acceptors (Lipinski definition) is 7. The van der Waals surface area contributed by atoms with Gasteiger partial charge < -0.3 is 15.0 Å². The first-order valence-electron chi connectivity index (χ1n) is 10.8. The number of morpholine rings is 1. The molecule has 2 aliphatic heterocycles. The standard InChI is InChI=1S/C23H27N5O2S/c1-15-16(2)31-23-21(15)22(25-19(26-23)14-27-10-12-30-13-11-27)24-17-5-7-18(8-6-17)28-9-3-4-20(28)29/h5-8H,3-4,9-14H2,1-2H3,(H,24,25,26). The summed E-state index contributed by atoms with van der Waals surface area (Å²) in [5.41, 5.74) is 3.13. The molecule has 2 saturated heterocycles. The zero-order valence-electron chi connectivity index (χ0n) is 18.0. The first-order chi connectivity index (χ1) is 15.1. The molecule has 3 aromatic rings. The van der Waals surface area contributed by atoms with Gasteiger partial charge in [-0.25, -0.2) is 9.97 Å². The molecule has 0 saturated carbocycles. The number of benzene rings is 1. The first-order valence-corrected chi connectivity index (χ1v) is 11.6. The Morgan fingerprint density at radius 3 is 2.58 bits per heavy atom. The number of aromatic nitrogens is 2. The molecule has 0 spiro atoms. The molecule has 2 fully saturated rings. The van der Waals surface area contributed by atoms with E-state index in [0.717, 1.165) is 79.0 Å². The average Bonchev–Trinajstić information content (AvgIpc) is 3.32. The summed E-state index contributed by atoms with van der Waals surface area (Å²) >= 11 is 1.72. The van der Waals surface area contributed by atoms with Crippen molar-refractivity contribution in [2.75, 3.05) is 43.1 Å². The molecule has 8 heteroatoms. The third kappa shape index (κ3) is 4.15. The highest BCUT2D eigenvalue weighted by molar-refractivity contribution is 7.18. The summed E-state index contributed by atoms with van der Waals surface area (Å²) in [6.07, 6.45) is 1.57. The Hall–Kier alpha value is -2.55. The molecule has 0 aliphatic carbocycles. The zero-order valence-corrected chi connectivity index (χ0v) is 18.8. The summed E-state index contributed by atoms with van der Waals surface area (Å²) in [7, 11) is 0. The van der Waals surface area contributed by atoms with Crippen LogP contribution in [0.4, 0.5) is 17.2 Å². The number of anilines is 3. The predicted octanol–water partition coefficient (Wildman–Crippen LogP) is 4.01. The zero-order chi connectivity index (χ0) is 21.4. The Balaban J connectivity index is 1.44. The van der Waals surface area contributed by atoms with E-state index in [9.17, 15) is 4.79 Å². The lowest BCUT2D eigenvalue weighted by molar-refractivity contribution is -0.117. The maximum absolute atomic E-state index is 12.0. The predicted molar refractivity (Wildman–Crippen MR) is 124 cm³/mol. The largest absolute Gasteiger partial charge is 0.379 e. The van der Waals surface area contributed by atoms with E-state index in [1.165, 1.54) is 10.4 Å². The molecule has 162 valence electrons.